The Morgan fingerprint density at radius 3 is 2.11 bits per heavy atom. The summed E-state index contributed by atoms with van der Waals surface area (Å²) in [6.07, 6.45) is 5.14. The lowest BCUT2D eigenvalue weighted by molar-refractivity contribution is 0.177. The van der Waals surface area contributed by atoms with Gasteiger partial charge in [0, 0.05) is 0 Å². The molecule has 0 nitrogen and oxygen atoms in total. The Hall–Kier alpha value is -0.715. The SMILES string of the molecule is CCCc1ccccc1B1CC(C)(C)C(C)(C)C1. The Kier molecular flexibility index (Phi) is 3.62. The molecule has 1 aliphatic heterocycles. The monoisotopic (exact) mass is 242 g/mol. The van der Waals surface area contributed by atoms with Gasteiger partial charge in [-0.1, -0.05) is 89.0 Å². The van der Waals surface area contributed by atoms with Crippen molar-refractivity contribution in [1.82, 2.24) is 0 Å². The van der Waals surface area contributed by atoms with Crippen LogP contribution in [0.4, 0.5) is 0 Å². The van der Waals surface area contributed by atoms with Crippen molar-refractivity contribution in [2.75, 3.05) is 0 Å². The van der Waals surface area contributed by atoms with E-state index in [1.807, 2.05) is 0 Å². The van der Waals surface area contributed by atoms with Crippen LogP contribution in [-0.2, 0) is 6.42 Å². The zero-order chi connectivity index (χ0) is 13.4. The number of aryl methyl sites for hydroxylation is 1. The summed E-state index contributed by atoms with van der Waals surface area (Å²) in [4.78, 5) is 0. The minimum absolute atomic E-state index is 0.455. The number of hydrogen-bond acceptors (Lipinski definition) is 0. The van der Waals surface area contributed by atoms with Crippen LogP contribution in [-0.4, -0.2) is 6.71 Å². The van der Waals surface area contributed by atoms with Crippen molar-refractivity contribution in [2.45, 2.75) is 60.1 Å². The molecule has 1 heterocycles. The fourth-order valence-corrected chi connectivity index (χ4v) is 3.51. The molecule has 1 aliphatic rings. The molecule has 1 aromatic rings. The molecular formula is C17H27B. The van der Waals surface area contributed by atoms with Crippen molar-refractivity contribution in [2.24, 2.45) is 10.8 Å². The Labute approximate surface area is 113 Å². The van der Waals surface area contributed by atoms with E-state index >= 15 is 0 Å². The summed E-state index contributed by atoms with van der Waals surface area (Å²) < 4.78 is 0. The molecule has 1 heteroatoms. The second-order valence-corrected chi connectivity index (χ2v) is 7.32. The van der Waals surface area contributed by atoms with E-state index in [1.54, 1.807) is 11.0 Å². The molecule has 18 heavy (non-hydrogen) atoms. The topological polar surface area (TPSA) is 0 Å². The van der Waals surface area contributed by atoms with Gasteiger partial charge in [-0.2, -0.15) is 0 Å². The van der Waals surface area contributed by atoms with Crippen LogP contribution in [0.25, 0.3) is 0 Å². The van der Waals surface area contributed by atoms with Gasteiger partial charge in [-0.25, -0.2) is 0 Å². The van der Waals surface area contributed by atoms with E-state index in [-0.39, 0.29) is 0 Å². The lowest BCUT2D eigenvalue weighted by Gasteiger charge is -2.35. The van der Waals surface area contributed by atoms with Gasteiger partial charge < -0.3 is 0 Å². The summed E-state index contributed by atoms with van der Waals surface area (Å²) >= 11 is 0. The van der Waals surface area contributed by atoms with E-state index < -0.39 is 0 Å². The average molecular weight is 242 g/mol. The summed E-state index contributed by atoms with van der Waals surface area (Å²) in [5, 5.41) is 0. The average Bonchev–Trinajstić information content (AvgIpc) is 2.49. The molecule has 1 saturated heterocycles. The first-order chi connectivity index (χ1) is 8.37. The van der Waals surface area contributed by atoms with Crippen LogP contribution < -0.4 is 5.46 Å². The predicted octanol–water partition coefficient (Wildman–Crippen LogP) is 4.41. The lowest BCUT2D eigenvalue weighted by atomic mass is 9.41. The highest BCUT2D eigenvalue weighted by Crippen LogP contribution is 2.52. The molecule has 0 N–H and O–H groups in total. The highest BCUT2D eigenvalue weighted by atomic mass is 14.4. The second kappa shape index (κ2) is 4.76. The van der Waals surface area contributed by atoms with Crippen molar-refractivity contribution in [1.29, 1.82) is 0 Å². The Morgan fingerprint density at radius 1 is 1.00 bits per heavy atom. The van der Waals surface area contributed by atoms with Gasteiger partial charge in [-0.05, 0) is 17.3 Å². The number of benzene rings is 1. The van der Waals surface area contributed by atoms with Gasteiger partial charge in [0.15, 0.2) is 6.71 Å². The van der Waals surface area contributed by atoms with E-state index in [9.17, 15) is 0 Å². The third-order valence-corrected chi connectivity index (χ3v) is 5.36. The fourth-order valence-electron chi connectivity index (χ4n) is 3.51. The first-order valence-corrected chi connectivity index (χ1v) is 7.45. The smallest absolute Gasteiger partial charge is 0.0769 e. The van der Waals surface area contributed by atoms with Gasteiger partial charge in [0.25, 0.3) is 0 Å². The lowest BCUT2D eigenvalue weighted by Crippen LogP contribution is -2.31. The zero-order valence-corrected chi connectivity index (χ0v) is 12.7. The zero-order valence-electron chi connectivity index (χ0n) is 12.7. The summed E-state index contributed by atoms with van der Waals surface area (Å²) in [6, 6.07) is 9.11. The van der Waals surface area contributed by atoms with Crippen LogP contribution in [0.2, 0.25) is 12.6 Å². The number of rotatable bonds is 3. The van der Waals surface area contributed by atoms with Crippen molar-refractivity contribution in [3.63, 3.8) is 0 Å². The molecule has 2 rings (SSSR count). The van der Waals surface area contributed by atoms with E-state index in [0.717, 1.165) is 6.71 Å². The van der Waals surface area contributed by atoms with E-state index in [4.69, 9.17) is 0 Å². The molecule has 0 atom stereocenters. The molecule has 1 aromatic carbocycles. The largest absolute Gasteiger partial charge is 0.177 e. The Bertz CT molecular complexity index is 401. The normalized spacial score (nSPS) is 21.3. The van der Waals surface area contributed by atoms with Crippen LogP contribution in [0, 0.1) is 10.8 Å². The Balaban J connectivity index is 2.29. The molecule has 0 unspecified atom stereocenters. The third kappa shape index (κ3) is 2.37. The van der Waals surface area contributed by atoms with Crippen LogP contribution >= 0.6 is 0 Å². The van der Waals surface area contributed by atoms with Gasteiger partial charge in [-0.3, -0.25) is 0 Å². The van der Waals surface area contributed by atoms with Gasteiger partial charge in [0.05, 0.1) is 0 Å². The molecule has 0 amide bonds. The summed E-state index contributed by atoms with van der Waals surface area (Å²) in [7, 11) is 0. The molecular weight excluding hydrogens is 215 g/mol. The highest BCUT2D eigenvalue weighted by molar-refractivity contribution is 6.74. The maximum atomic E-state index is 2.44. The minimum atomic E-state index is 0.455. The molecule has 0 radical (unpaired) electrons. The maximum absolute atomic E-state index is 2.44. The summed E-state index contributed by atoms with van der Waals surface area (Å²) in [5.74, 6) is 0. The van der Waals surface area contributed by atoms with Gasteiger partial charge in [-0.15, -0.1) is 0 Å². The second-order valence-electron chi connectivity index (χ2n) is 7.32. The molecule has 0 aliphatic carbocycles. The minimum Gasteiger partial charge on any atom is -0.0769 e. The van der Waals surface area contributed by atoms with Gasteiger partial charge in [0.1, 0.15) is 0 Å². The van der Waals surface area contributed by atoms with Crippen LogP contribution in [0.15, 0.2) is 24.3 Å². The fraction of sp³-hybridized carbons (Fsp3) is 0.647. The van der Waals surface area contributed by atoms with Crippen molar-refractivity contribution < 1.29 is 0 Å². The molecule has 98 valence electrons. The summed E-state index contributed by atoms with van der Waals surface area (Å²) in [6.45, 7) is 12.8. The standard InChI is InChI=1S/C17H27B/c1-6-9-14-10-7-8-11-15(14)18-12-16(2,3)17(4,5)13-18/h7-8,10-11H,6,9,12-13H2,1-5H3. The third-order valence-electron chi connectivity index (χ3n) is 5.36. The highest BCUT2D eigenvalue weighted by Gasteiger charge is 2.48. The predicted molar refractivity (Wildman–Crippen MR) is 83.0 cm³/mol. The first kappa shape index (κ1) is 13.7. The van der Waals surface area contributed by atoms with Crippen molar-refractivity contribution in [3.05, 3.63) is 29.8 Å². The quantitative estimate of drug-likeness (QED) is 0.689. The van der Waals surface area contributed by atoms with Crippen molar-refractivity contribution >= 4 is 12.2 Å². The van der Waals surface area contributed by atoms with Crippen LogP contribution in [0.3, 0.4) is 0 Å². The van der Waals surface area contributed by atoms with Crippen LogP contribution in [0.5, 0.6) is 0 Å². The molecule has 0 spiro atoms. The van der Waals surface area contributed by atoms with Gasteiger partial charge in [0.2, 0.25) is 0 Å². The van der Waals surface area contributed by atoms with Crippen molar-refractivity contribution in [3.8, 4) is 0 Å². The summed E-state index contributed by atoms with van der Waals surface area (Å²) in [5.41, 5.74) is 4.12. The van der Waals surface area contributed by atoms with Crippen LogP contribution in [0.1, 0.15) is 46.6 Å². The maximum Gasteiger partial charge on any atom is 0.177 e. The molecule has 1 fully saturated rings. The van der Waals surface area contributed by atoms with Gasteiger partial charge >= 0.3 is 0 Å². The van der Waals surface area contributed by atoms with E-state index in [1.165, 1.54) is 25.5 Å². The van der Waals surface area contributed by atoms with E-state index in [0.29, 0.717) is 10.8 Å². The molecule has 0 bridgehead atoms. The van der Waals surface area contributed by atoms with E-state index in [2.05, 4.69) is 58.9 Å². The molecule has 0 aromatic heterocycles. The number of hydrogen-bond donors (Lipinski definition) is 0. The Morgan fingerprint density at radius 2 is 1.56 bits per heavy atom. The first-order valence-electron chi connectivity index (χ1n) is 7.45. The molecule has 0 saturated carbocycles.